The highest BCUT2D eigenvalue weighted by molar-refractivity contribution is 6.30. The first-order valence-corrected chi connectivity index (χ1v) is 11.2. The summed E-state index contributed by atoms with van der Waals surface area (Å²) < 4.78 is 18.8. The molecule has 8 nitrogen and oxygen atoms in total. The van der Waals surface area contributed by atoms with Gasteiger partial charge >= 0.3 is 0 Å². The van der Waals surface area contributed by atoms with E-state index in [-0.39, 0.29) is 12.5 Å². The van der Waals surface area contributed by atoms with Crippen LogP contribution in [-0.2, 0) is 16.6 Å². The fourth-order valence-corrected chi connectivity index (χ4v) is 3.68. The van der Waals surface area contributed by atoms with Gasteiger partial charge in [0.15, 0.2) is 6.61 Å². The molecular weight excluding hydrogens is 444 g/mol. The Morgan fingerprint density at radius 1 is 1.12 bits per heavy atom. The van der Waals surface area contributed by atoms with E-state index in [0.29, 0.717) is 23.1 Å². The number of morpholine rings is 1. The van der Waals surface area contributed by atoms with Crippen molar-refractivity contribution < 1.29 is 19.0 Å². The van der Waals surface area contributed by atoms with Gasteiger partial charge < -0.3 is 19.5 Å². The maximum absolute atomic E-state index is 12.4. The topological polar surface area (TPSA) is 77.9 Å². The zero-order chi connectivity index (χ0) is 23.0. The molecule has 1 saturated heterocycles. The molecule has 0 atom stereocenters. The molecule has 1 aliphatic rings. The molecule has 0 saturated carbocycles. The number of ether oxygens (including phenoxy) is 3. The molecule has 4 rings (SSSR count). The van der Waals surface area contributed by atoms with Gasteiger partial charge in [-0.05, 0) is 48.5 Å². The number of nitrogens with zero attached hydrogens (tertiary/aromatic N) is 3. The lowest BCUT2D eigenvalue weighted by molar-refractivity contribution is -0.118. The summed E-state index contributed by atoms with van der Waals surface area (Å²) >= 11 is 5.88. The Hall–Kier alpha value is -3.07. The Kier molecular flexibility index (Phi) is 7.83. The van der Waals surface area contributed by atoms with Crippen LogP contribution in [0.25, 0.3) is 11.3 Å². The van der Waals surface area contributed by atoms with E-state index in [1.165, 1.54) is 0 Å². The molecule has 174 valence electrons. The molecular formula is C24H27ClN4O4. The average Bonchev–Trinajstić information content (AvgIpc) is 3.26. The fourth-order valence-electron chi connectivity index (χ4n) is 3.56. The van der Waals surface area contributed by atoms with E-state index in [1.54, 1.807) is 35.1 Å². The van der Waals surface area contributed by atoms with Crippen molar-refractivity contribution in [1.82, 2.24) is 14.7 Å². The molecule has 2 aromatic carbocycles. The van der Waals surface area contributed by atoms with Crippen molar-refractivity contribution in [3.05, 3.63) is 59.8 Å². The summed E-state index contributed by atoms with van der Waals surface area (Å²) in [5, 5.41) is 7.77. The van der Waals surface area contributed by atoms with Crippen LogP contribution in [0.4, 0.5) is 5.69 Å². The lowest BCUT2D eigenvalue weighted by atomic mass is 10.1. The molecule has 0 bridgehead atoms. The summed E-state index contributed by atoms with van der Waals surface area (Å²) in [5.74, 6) is 1.05. The van der Waals surface area contributed by atoms with E-state index in [1.807, 2.05) is 31.3 Å². The zero-order valence-corrected chi connectivity index (χ0v) is 19.3. The number of carbonyl (C=O) groups is 1. The van der Waals surface area contributed by atoms with Crippen molar-refractivity contribution in [3.8, 4) is 22.8 Å². The van der Waals surface area contributed by atoms with Crippen molar-refractivity contribution in [2.45, 2.75) is 0 Å². The highest BCUT2D eigenvalue weighted by Crippen LogP contribution is 2.32. The number of hydrogen-bond acceptors (Lipinski definition) is 6. The number of rotatable bonds is 9. The summed E-state index contributed by atoms with van der Waals surface area (Å²) in [5.41, 5.74) is 2.40. The largest absolute Gasteiger partial charge is 0.492 e. The molecule has 1 fully saturated rings. The molecule has 9 heteroatoms. The molecule has 33 heavy (non-hydrogen) atoms. The Morgan fingerprint density at radius 3 is 2.64 bits per heavy atom. The lowest BCUT2D eigenvalue weighted by Gasteiger charge is -2.26. The normalized spacial score (nSPS) is 14.1. The third-order valence-corrected chi connectivity index (χ3v) is 5.56. The van der Waals surface area contributed by atoms with Crippen LogP contribution < -0.4 is 14.8 Å². The number of nitrogens with one attached hydrogen (secondary N) is 1. The maximum Gasteiger partial charge on any atom is 0.262 e. The van der Waals surface area contributed by atoms with E-state index in [9.17, 15) is 4.79 Å². The Morgan fingerprint density at radius 2 is 1.91 bits per heavy atom. The van der Waals surface area contributed by atoms with Gasteiger partial charge in [-0.2, -0.15) is 5.10 Å². The van der Waals surface area contributed by atoms with E-state index in [4.69, 9.17) is 25.8 Å². The second-order valence-corrected chi connectivity index (χ2v) is 8.08. The maximum atomic E-state index is 12.4. The van der Waals surface area contributed by atoms with Gasteiger partial charge in [0, 0.05) is 49.2 Å². The number of hydrogen-bond donors (Lipinski definition) is 1. The number of halogens is 1. The summed E-state index contributed by atoms with van der Waals surface area (Å²) in [4.78, 5) is 14.7. The van der Waals surface area contributed by atoms with Gasteiger partial charge in [-0.1, -0.05) is 11.6 Å². The SMILES string of the molecule is Cn1nccc1-c1cc(NC(=O)COc2ccc(Cl)cc2)ccc1OCCN1CCOCC1. The summed E-state index contributed by atoms with van der Waals surface area (Å²) in [6, 6.07) is 14.4. The van der Waals surface area contributed by atoms with Gasteiger partial charge in [-0.25, -0.2) is 0 Å². The third-order valence-electron chi connectivity index (χ3n) is 5.31. The summed E-state index contributed by atoms with van der Waals surface area (Å²) in [6.45, 7) is 4.63. The Bertz CT molecular complexity index is 1060. The van der Waals surface area contributed by atoms with Gasteiger partial charge in [0.25, 0.3) is 5.91 Å². The number of amides is 1. The van der Waals surface area contributed by atoms with Crippen molar-refractivity contribution in [3.63, 3.8) is 0 Å². The Labute approximate surface area is 198 Å². The summed E-state index contributed by atoms with van der Waals surface area (Å²) in [6.07, 6.45) is 1.73. The molecule has 0 spiro atoms. The molecule has 1 N–H and O–H groups in total. The first kappa shape index (κ1) is 23.1. The van der Waals surface area contributed by atoms with E-state index < -0.39 is 0 Å². The quantitative estimate of drug-likeness (QED) is 0.516. The second-order valence-electron chi connectivity index (χ2n) is 7.64. The standard InChI is InChI=1S/C24H27ClN4O4/c1-28-22(8-9-26-28)21-16-19(27-24(30)17-33-20-5-2-18(25)3-6-20)4-7-23(21)32-15-12-29-10-13-31-14-11-29/h2-9,16H,10-15,17H2,1H3,(H,27,30). The monoisotopic (exact) mass is 470 g/mol. The molecule has 1 aromatic heterocycles. The number of aromatic nitrogens is 2. The average molecular weight is 471 g/mol. The smallest absolute Gasteiger partial charge is 0.262 e. The fraction of sp³-hybridized carbons (Fsp3) is 0.333. The zero-order valence-electron chi connectivity index (χ0n) is 18.5. The predicted molar refractivity (Wildman–Crippen MR) is 127 cm³/mol. The molecule has 1 aliphatic heterocycles. The molecule has 0 radical (unpaired) electrons. The van der Waals surface area contributed by atoms with E-state index in [0.717, 1.165) is 49.9 Å². The van der Waals surface area contributed by atoms with Crippen molar-refractivity contribution in [2.24, 2.45) is 7.05 Å². The number of anilines is 1. The van der Waals surface area contributed by atoms with Crippen molar-refractivity contribution in [1.29, 1.82) is 0 Å². The molecule has 0 aliphatic carbocycles. The van der Waals surface area contributed by atoms with Gasteiger partial charge in [-0.15, -0.1) is 0 Å². The number of benzene rings is 2. The third kappa shape index (κ3) is 6.47. The molecule has 2 heterocycles. The van der Waals surface area contributed by atoms with Crippen LogP contribution in [0.15, 0.2) is 54.7 Å². The highest BCUT2D eigenvalue weighted by atomic mass is 35.5. The predicted octanol–water partition coefficient (Wildman–Crippen LogP) is 3.47. The van der Waals surface area contributed by atoms with Gasteiger partial charge in [0.2, 0.25) is 0 Å². The molecule has 0 unspecified atom stereocenters. The van der Waals surface area contributed by atoms with Gasteiger partial charge in [0.1, 0.15) is 18.1 Å². The van der Waals surface area contributed by atoms with Crippen LogP contribution >= 0.6 is 11.6 Å². The van der Waals surface area contributed by atoms with Crippen LogP contribution in [0.5, 0.6) is 11.5 Å². The van der Waals surface area contributed by atoms with Crippen molar-refractivity contribution in [2.75, 3.05) is 51.4 Å². The summed E-state index contributed by atoms with van der Waals surface area (Å²) in [7, 11) is 1.87. The van der Waals surface area contributed by atoms with Crippen molar-refractivity contribution >= 4 is 23.2 Å². The van der Waals surface area contributed by atoms with Gasteiger partial charge in [-0.3, -0.25) is 14.4 Å². The number of aryl methyl sites for hydroxylation is 1. The van der Waals surface area contributed by atoms with Crippen LogP contribution in [0.1, 0.15) is 0 Å². The molecule has 3 aromatic rings. The Balaban J connectivity index is 1.41. The van der Waals surface area contributed by atoms with E-state index >= 15 is 0 Å². The van der Waals surface area contributed by atoms with Crippen LogP contribution in [-0.4, -0.2) is 66.6 Å². The van der Waals surface area contributed by atoms with Crippen LogP contribution in [0, 0.1) is 0 Å². The minimum atomic E-state index is -0.262. The minimum absolute atomic E-state index is 0.111. The first-order valence-electron chi connectivity index (χ1n) is 10.8. The van der Waals surface area contributed by atoms with Gasteiger partial charge in [0.05, 0.1) is 18.9 Å². The lowest BCUT2D eigenvalue weighted by Crippen LogP contribution is -2.38. The first-order chi connectivity index (χ1) is 16.1. The highest BCUT2D eigenvalue weighted by Gasteiger charge is 2.15. The second kappa shape index (κ2) is 11.2. The number of carbonyl (C=O) groups excluding carboxylic acids is 1. The van der Waals surface area contributed by atoms with Crippen LogP contribution in [0.2, 0.25) is 5.02 Å². The van der Waals surface area contributed by atoms with E-state index in [2.05, 4.69) is 15.3 Å². The molecule has 1 amide bonds. The van der Waals surface area contributed by atoms with Crippen LogP contribution in [0.3, 0.4) is 0 Å². The minimum Gasteiger partial charge on any atom is -0.492 e.